The average Bonchev–Trinajstić information content (AvgIpc) is 2.15. The molecule has 0 atom stereocenters. The summed E-state index contributed by atoms with van der Waals surface area (Å²) in [6.45, 7) is 0. The maximum absolute atomic E-state index is 12.4. The molecule has 0 aromatic carbocycles. The van der Waals surface area contributed by atoms with Crippen LogP contribution in [-0.2, 0) is 6.18 Å². The minimum Gasteiger partial charge on any atom is -0.480 e. The molecule has 0 saturated carbocycles. The van der Waals surface area contributed by atoms with E-state index in [1.807, 2.05) is 0 Å². The average molecular weight is 262 g/mol. The van der Waals surface area contributed by atoms with E-state index < -0.39 is 34.8 Å². The number of hydrogen-bond acceptors (Lipinski definition) is 2. The van der Waals surface area contributed by atoms with Crippen molar-refractivity contribution in [1.82, 2.24) is 4.98 Å². The van der Waals surface area contributed by atoms with Crippen LogP contribution in [0.25, 0.3) is 0 Å². The lowest BCUT2D eigenvalue weighted by atomic mass is 10.2. The van der Waals surface area contributed by atoms with Gasteiger partial charge in [0.15, 0.2) is 5.69 Å². The Morgan fingerprint density at radius 2 is 1.94 bits per heavy atom. The molecule has 2 nitrogen and oxygen atoms in total. The van der Waals surface area contributed by atoms with Crippen molar-refractivity contribution in [1.29, 1.82) is 0 Å². The molecule has 8 heteroatoms. The van der Waals surface area contributed by atoms with Crippen LogP contribution in [0.1, 0.15) is 17.7 Å². The van der Waals surface area contributed by atoms with Crippen molar-refractivity contribution in [2.24, 2.45) is 0 Å². The van der Waals surface area contributed by atoms with Crippen LogP contribution in [-0.4, -0.2) is 12.1 Å². The second-order valence-electron chi connectivity index (χ2n) is 2.72. The quantitative estimate of drug-likeness (QED) is 0.757. The SMILES string of the molecule is COc1nc(C(F)(F)F)c(C(F)F)cc1Cl. The van der Waals surface area contributed by atoms with Crippen molar-refractivity contribution < 1.29 is 26.7 Å². The second kappa shape index (κ2) is 4.40. The Hall–Kier alpha value is -1.11. The minimum atomic E-state index is -4.98. The van der Waals surface area contributed by atoms with Gasteiger partial charge in [-0.15, -0.1) is 0 Å². The number of rotatable bonds is 2. The van der Waals surface area contributed by atoms with Gasteiger partial charge in [0, 0.05) is 0 Å². The molecule has 0 aliphatic heterocycles. The van der Waals surface area contributed by atoms with Gasteiger partial charge in [-0.2, -0.15) is 13.2 Å². The zero-order chi connectivity index (χ0) is 12.5. The highest BCUT2D eigenvalue weighted by Crippen LogP contribution is 2.38. The van der Waals surface area contributed by atoms with E-state index in [2.05, 4.69) is 9.72 Å². The van der Waals surface area contributed by atoms with Crippen LogP contribution in [0.5, 0.6) is 5.88 Å². The number of alkyl halides is 5. The van der Waals surface area contributed by atoms with Crippen molar-refractivity contribution in [3.63, 3.8) is 0 Å². The summed E-state index contributed by atoms with van der Waals surface area (Å²) in [5, 5.41) is -0.397. The van der Waals surface area contributed by atoms with Crippen molar-refractivity contribution >= 4 is 11.6 Å². The van der Waals surface area contributed by atoms with Crippen LogP contribution < -0.4 is 4.74 Å². The number of nitrogens with zero attached hydrogens (tertiary/aromatic N) is 1. The van der Waals surface area contributed by atoms with Crippen molar-refractivity contribution in [3.8, 4) is 5.88 Å². The molecule has 1 rings (SSSR count). The van der Waals surface area contributed by atoms with Crippen LogP contribution >= 0.6 is 11.6 Å². The van der Waals surface area contributed by atoms with Gasteiger partial charge < -0.3 is 4.74 Å². The van der Waals surface area contributed by atoms with E-state index >= 15 is 0 Å². The number of aromatic nitrogens is 1. The molecule has 1 aromatic rings. The second-order valence-corrected chi connectivity index (χ2v) is 3.12. The molecule has 0 fully saturated rings. The Morgan fingerprint density at radius 3 is 2.31 bits per heavy atom. The highest BCUT2D eigenvalue weighted by molar-refractivity contribution is 6.31. The molecule has 0 amide bonds. The van der Waals surface area contributed by atoms with Crippen LogP contribution in [0, 0.1) is 0 Å². The third-order valence-electron chi connectivity index (χ3n) is 1.67. The summed E-state index contributed by atoms with van der Waals surface area (Å²) >= 11 is 5.41. The molecule has 0 aliphatic carbocycles. The fraction of sp³-hybridized carbons (Fsp3) is 0.375. The van der Waals surface area contributed by atoms with E-state index in [1.165, 1.54) is 0 Å². The summed E-state index contributed by atoms with van der Waals surface area (Å²) in [5.41, 5.74) is -2.96. The molecule has 0 radical (unpaired) electrons. The molecule has 0 spiro atoms. The zero-order valence-electron chi connectivity index (χ0n) is 7.78. The van der Waals surface area contributed by atoms with Crippen molar-refractivity contribution in [2.75, 3.05) is 7.11 Å². The van der Waals surface area contributed by atoms with Gasteiger partial charge in [-0.05, 0) is 6.07 Å². The predicted molar refractivity (Wildman–Crippen MR) is 45.8 cm³/mol. The van der Waals surface area contributed by atoms with E-state index in [-0.39, 0.29) is 0 Å². The van der Waals surface area contributed by atoms with Crippen LogP contribution in [0.15, 0.2) is 6.07 Å². The molecule has 90 valence electrons. The highest BCUT2D eigenvalue weighted by atomic mass is 35.5. The van der Waals surface area contributed by atoms with E-state index in [0.717, 1.165) is 7.11 Å². The Bertz CT molecular complexity index is 393. The minimum absolute atomic E-state index is 0.397. The van der Waals surface area contributed by atoms with E-state index in [9.17, 15) is 22.0 Å². The number of halogens is 6. The maximum Gasteiger partial charge on any atom is 0.433 e. The van der Waals surface area contributed by atoms with Crippen LogP contribution in [0.4, 0.5) is 22.0 Å². The zero-order valence-corrected chi connectivity index (χ0v) is 8.53. The molecule has 0 N–H and O–H groups in total. The first-order chi connectivity index (χ1) is 7.27. The Morgan fingerprint density at radius 1 is 1.38 bits per heavy atom. The van der Waals surface area contributed by atoms with Gasteiger partial charge >= 0.3 is 6.18 Å². The molecule has 0 unspecified atom stereocenters. The third kappa shape index (κ3) is 2.52. The lowest BCUT2D eigenvalue weighted by molar-refractivity contribution is -0.143. The molecule has 1 heterocycles. The highest BCUT2D eigenvalue weighted by Gasteiger charge is 2.38. The molecule has 1 aromatic heterocycles. The van der Waals surface area contributed by atoms with Crippen molar-refractivity contribution in [3.05, 3.63) is 22.3 Å². The van der Waals surface area contributed by atoms with Crippen LogP contribution in [0.3, 0.4) is 0 Å². The maximum atomic E-state index is 12.4. The molecular weight excluding hydrogens is 257 g/mol. The topological polar surface area (TPSA) is 22.1 Å². The number of methoxy groups -OCH3 is 1. The Labute approximate surface area is 92.0 Å². The normalized spacial score (nSPS) is 12.0. The monoisotopic (exact) mass is 261 g/mol. The largest absolute Gasteiger partial charge is 0.480 e. The number of pyridine rings is 1. The molecule has 0 aliphatic rings. The van der Waals surface area contributed by atoms with Gasteiger partial charge in [0.2, 0.25) is 5.88 Å². The molecule has 0 bridgehead atoms. The number of hydrogen-bond donors (Lipinski definition) is 0. The van der Waals surface area contributed by atoms with Crippen LogP contribution in [0.2, 0.25) is 5.02 Å². The van der Waals surface area contributed by atoms with E-state index in [0.29, 0.717) is 6.07 Å². The summed E-state index contributed by atoms with van der Waals surface area (Å²) < 4.78 is 66.2. The number of ether oxygens (including phenoxy) is 1. The van der Waals surface area contributed by atoms with Gasteiger partial charge in [0.25, 0.3) is 6.43 Å². The van der Waals surface area contributed by atoms with Gasteiger partial charge in [-0.1, -0.05) is 11.6 Å². The molecule has 0 saturated heterocycles. The smallest absolute Gasteiger partial charge is 0.433 e. The van der Waals surface area contributed by atoms with Gasteiger partial charge in [0.05, 0.1) is 12.7 Å². The predicted octanol–water partition coefficient (Wildman–Crippen LogP) is 3.70. The molecule has 16 heavy (non-hydrogen) atoms. The summed E-state index contributed by atoms with van der Waals surface area (Å²) in [6.07, 6.45) is -8.29. The fourth-order valence-electron chi connectivity index (χ4n) is 1.02. The summed E-state index contributed by atoms with van der Waals surface area (Å²) in [5.74, 6) is -0.543. The van der Waals surface area contributed by atoms with Gasteiger partial charge in [-0.25, -0.2) is 13.8 Å². The lowest BCUT2D eigenvalue weighted by Crippen LogP contribution is -2.13. The molecular formula is C8H5ClF5NO. The first-order valence-electron chi connectivity index (χ1n) is 3.87. The van der Waals surface area contributed by atoms with Gasteiger partial charge in [-0.3, -0.25) is 0 Å². The summed E-state index contributed by atoms with van der Waals surface area (Å²) in [6, 6.07) is 0.501. The lowest BCUT2D eigenvalue weighted by Gasteiger charge is -2.13. The standard InChI is InChI=1S/C8H5ClF5NO/c1-16-7-4(9)2-3(6(10)11)5(15-7)8(12,13)14/h2,6H,1H3. The van der Waals surface area contributed by atoms with E-state index in [1.54, 1.807) is 0 Å². The van der Waals surface area contributed by atoms with Crippen molar-refractivity contribution in [2.45, 2.75) is 12.6 Å². The van der Waals surface area contributed by atoms with Gasteiger partial charge in [0.1, 0.15) is 5.02 Å². The summed E-state index contributed by atoms with van der Waals surface area (Å²) in [7, 11) is 1.04. The fourth-order valence-corrected chi connectivity index (χ4v) is 1.26. The first kappa shape index (κ1) is 13.0. The third-order valence-corrected chi connectivity index (χ3v) is 1.94. The summed E-state index contributed by atoms with van der Waals surface area (Å²) in [4.78, 5) is 2.92. The Kier molecular flexibility index (Phi) is 3.57. The Balaban J connectivity index is 3.43. The van der Waals surface area contributed by atoms with E-state index in [4.69, 9.17) is 11.6 Å². The first-order valence-corrected chi connectivity index (χ1v) is 4.25.